The van der Waals surface area contributed by atoms with Crippen LogP contribution in [0, 0.1) is 0 Å². The van der Waals surface area contributed by atoms with Crippen LogP contribution in [0.15, 0.2) is 41.1 Å². The smallest absolute Gasteiger partial charge is 0.0434 e. The van der Waals surface area contributed by atoms with E-state index in [1.54, 1.807) is 11.3 Å². The summed E-state index contributed by atoms with van der Waals surface area (Å²) in [4.78, 5) is 2.25. The van der Waals surface area contributed by atoms with E-state index in [-0.39, 0.29) is 6.04 Å². The molecular formula is C15H20N2S. The van der Waals surface area contributed by atoms with E-state index >= 15 is 0 Å². The van der Waals surface area contributed by atoms with E-state index < -0.39 is 0 Å². The molecule has 2 rings (SSSR count). The third-order valence-electron chi connectivity index (χ3n) is 3.20. The third kappa shape index (κ3) is 3.12. The van der Waals surface area contributed by atoms with Crippen molar-refractivity contribution in [1.29, 1.82) is 0 Å². The number of benzene rings is 1. The fourth-order valence-corrected chi connectivity index (χ4v) is 2.62. The van der Waals surface area contributed by atoms with Crippen LogP contribution in [-0.2, 0) is 6.54 Å². The quantitative estimate of drug-likeness (QED) is 0.886. The molecule has 1 aromatic heterocycles. The van der Waals surface area contributed by atoms with Crippen LogP contribution in [0.1, 0.15) is 30.5 Å². The topological polar surface area (TPSA) is 29.3 Å². The molecule has 3 heteroatoms. The monoisotopic (exact) mass is 260 g/mol. The largest absolute Gasteiger partial charge is 0.370 e. The standard InChI is InChI=1S/C15H20N2S/c1-3-15(16)13-4-6-14(7-5-13)17(2)10-12-8-9-18-11-12/h4-9,11,15H,3,10,16H2,1-2H3/t15-/m0/s1. The Morgan fingerprint density at radius 1 is 1.22 bits per heavy atom. The highest BCUT2D eigenvalue weighted by Crippen LogP contribution is 2.20. The number of thiophene rings is 1. The lowest BCUT2D eigenvalue weighted by Gasteiger charge is -2.19. The van der Waals surface area contributed by atoms with Gasteiger partial charge in [-0.3, -0.25) is 0 Å². The van der Waals surface area contributed by atoms with Crippen LogP contribution in [0.3, 0.4) is 0 Å². The molecule has 18 heavy (non-hydrogen) atoms. The van der Waals surface area contributed by atoms with E-state index in [2.05, 4.69) is 60.0 Å². The molecule has 1 aromatic carbocycles. The molecule has 0 aliphatic carbocycles. The van der Waals surface area contributed by atoms with Gasteiger partial charge in [-0.2, -0.15) is 11.3 Å². The second-order valence-corrected chi connectivity index (χ2v) is 5.37. The number of rotatable bonds is 5. The van der Waals surface area contributed by atoms with Crippen molar-refractivity contribution >= 4 is 17.0 Å². The van der Waals surface area contributed by atoms with Crippen molar-refractivity contribution in [2.75, 3.05) is 11.9 Å². The summed E-state index contributed by atoms with van der Waals surface area (Å²) in [6.07, 6.45) is 0.976. The Morgan fingerprint density at radius 2 is 1.94 bits per heavy atom. The third-order valence-corrected chi connectivity index (χ3v) is 3.93. The van der Waals surface area contributed by atoms with Gasteiger partial charge in [0.15, 0.2) is 0 Å². The fraction of sp³-hybridized carbons (Fsp3) is 0.333. The van der Waals surface area contributed by atoms with Gasteiger partial charge in [0.25, 0.3) is 0 Å². The molecule has 2 aromatic rings. The fourth-order valence-electron chi connectivity index (χ4n) is 1.96. The van der Waals surface area contributed by atoms with Crippen LogP contribution in [0.25, 0.3) is 0 Å². The maximum atomic E-state index is 6.02. The van der Waals surface area contributed by atoms with Gasteiger partial charge in [0.05, 0.1) is 0 Å². The van der Waals surface area contributed by atoms with Crippen molar-refractivity contribution in [3.63, 3.8) is 0 Å². The minimum atomic E-state index is 0.154. The summed E-state index contributed by atoms with van der Waals surface area (Å²) in [6.45, 7) is 3.06. The maximum absolute atomic E-state index is 6.02. The Labute approximate surface area is 113 Å². The van der Waals surface area contributed by atoms with E-state index in [9.17, 15) is 0 Å². The van der Waals surface area contributed by atoms with Crippen LogP contribution in [0.5, 0.6) is 0 Å². The van der Waals surface area contributed by atoms with Gasteiger partial charge in [-0.25, -0.2) is 0 Å². The van der Waals surface area contributed by atoms with E-state index in [4.69, 9.17) is 5.73 Å². The Kier molecular flexibility index (Phi) is 4.39. The van der Waals surface area contributed by atoms with Crippen molar-refractivity contribution in [2.24, 2.45) is 5.73 Å². The first-order valence-electron chi connectivity index (χ1n) is 6.28. The minimum Gasteiger partial charge on any atom is -0.370 e. The summed E-state index contributed by atoms with van der Waals surface area (Å²) in [6, 6.07) is 10.9. The molecule has 0 bridgehead atoms. The highest BCUT2D eigenvalue weighted by atomic mass is 32.1. The van der Waals surface area contributed by atoms with Crippen LogP contribution < -0.4 is 10.6 Å². The first-order valence-corrected chi connectivity index (χ1v) is 7.22. The van der Waals surface area contributed by atoms with Gasteiger partial charge in [-0.1, -0.05) is 19.1 Å². The second kappa shape index (κ2) is 6.03. The Morgan fingerprint density at radius 3 is 2.50 bits per heavy atom. The maximum Gasteiger partial charge on any atom is 0.0434 e. The van der Waals surface area contributed by atoms with E-state index in [1.807, 2.05) is 0 Å². The second-order valence-electron chi connectivity index (χ2n) is 4.59. The summed E-state index contributed by atoms with van der Waals surface area (Å²) in [5.74, 6) is 0. The van der Waals surface area contributed by atoms with Crippen molar-refractivity contribution in [3.05, 3.63) is 52.2 Å². The first-order chi connectivity index (χ1) is 8.70. The highest BCUT2D eigenvalue weighted by Gasteiger charge is 2.05. The number of anilines is 1. The molecule has 1 atom stereocenters. The Hall–Kier alpha value is -1.32. The molecular weight excluding hydrogens is 240 g/mol. The van der Waals surface area contributed by atoms with Crippen LogP contribution >= 0.6 is 11.3 Å². The summed E-state index contributed by atoms with van der Waals surface area (Å²) in [7, 11) is 2.12. The van der Waals surface area contributed by atoms with Gasteiger partial charge >= 0.3 is 0 Å². The molecule has 0 amide bonds. The average molecular weight is 260 g/mol. The van der Waals surface area contributed by atoms with Gasteiger partial charge in [-0.05, 0) is 46.5 Å². The molecule has 2 N–H and O–H groups in total. The van der Waals surface area contributed by atoms with Gasteiger partial charge in [0.1, 0.15) is 0 Å². The molecule has 0 aliphatic rings. The van der Waals surface area contributed by atoms with E-state index in [1.165, 1.54) is 16.8 Å². The number of nitrogens with zero attached hydrogens (tertiary/aromatic N) is 1. The molecule has 0 spiro atoms. The molecule has 0 fully saturated rings. The van der Waals surface area contributed by atoms with Gasteiger partial charge < -0.3 is 10.6 Å². The van der Waals surface area contributed by atoms with Crippen molar-refractivity contribution in [3.8, 4) is 0 Å². The van der Waals surface area contributed by atoms with Gasteiger partial charge in [0.2, 0.25) is 0 Å². The van der Waals surface area contributed by atoms with Crippen LogP contribution in [-0.4, -0.2) is 7.05 Å². The first kappa shape index (κ1) is 13.1. The van der Waals surface area contributed by atoms with Crippen molar-refractivity contribution < 1.29 is 0 Å². The van der Waals surface area contributed by atoms with Gasteiger partial charge in [-0.15, -0.1) is 0 Å². The molecule has 1 heterocycles. The predicted octanol–water partition coefficient (Wildman–Crippen LogP) is 3.79. The summed E-state index contributed by atoms with van der Waals surface area (Å²) in [5.41, 5.74) is 9.82. The van der Waals surface area contributed by atoms with E-state index in [0.717, 1.165) is 13.0 Å². The van der Waals surface area contributed by atoms with Crippen LogP contribution in [0.4, 0.5) is 5.69 Å². The van der Waals surface area contributed by atoms with Crippen molar-refractivity contribution in [2.45, 2.75) is 25.9 Å². The summed E-state index contributed by atoms with van der Waals surface area (Å²) >= 11 is 1.74. The highest BCUT2D eigenvalue weighted by molar-refractivity contribution is 7.07. The molecule has 96 valence electrons. The predicted molar refractivity (Wildman–Crippen MR) is 80.1 cm³/mol. The molecule has 0 unspecified atom stereocenters. The van der Waals surface area contributed by atoms with Crippen LogP contribution in [0.2, 0.25) is 0 Å². The lowest BCUT2D eigenvalue weighted by molar-refractivity contribution is 0.698. The minimum absolute atomic E-state index is 0.154. The number of hydrogen-bond acceptors (Lipinski definition) is 3. The molecule has 0 radical (unpaired) electrons. The Balaban J connectivity index is 2.04. The zero-order chi connectivity index (χ0) is 13.0. The molecule has 0 aliphatic heterocycles. The average Bonchev–Trinajstić information content (AvgIpc) is 2.91. The van der Waals surface area contributed by atoms with Crippen molar-refractivity contribution in [1.82, 2.24) is 0 Å². The molecule has 0 saturated heterocycles. The van der Waals surface area contributed by atoms with Gasteiger partial charge in [0, 0.05) is 25.3 Å². The Bertz CT molecular complexity index is 462. The normalized spacial score (nSPS) is 12.4. The molecule has 2 nitrogen and oxygen atoms in total. The lowest BCUT2D eigenvalue weighted by atomic mass is 10.1. The number of nitrogens with two attached hydrogens (primary N) is 1. The summed E-state index contributed by atoms with van der Waals surface area (Å²) < 4.78 is 0. The van der Waals surface area contributed by atoms with E-state index in [0.29, 0.717) is 0 Å². The zero-order valence-corrected chi connectivity index (χ0v) is 11.8. The lowest BCUT2D eigenvalue weighted by Crippen LogP contribution is -2.16. The zero-order valence-electron chi connectivity index (χ0n) is 11.0. The number of hydrogen-bond donors (Lipinski definition) is 1. The molecule has 0 saturated carbocycles. The SMILES string of the molecule is CC[C@H](N)c1ccc(N(C)Cc2ccsc2)cc1. The summed E-state index contributed by atoms with van der Waals surface area (Å²) in [5, 5.41) is 4.31.